The van der Waals surface area contributed by atoms with Gasteiger partial charge in [-0.1, -0.05) is 17.2 Å². The number of aromatic amines is 1. The molecule has 0 saturated carbocycles. The maximum atomic E-state index is 12.4. The van der Waals surface area contributed by atoms with Crippen molar-refractivity contribution in [3.8, 4) is 0 Å². The van der Waals surface area contributed by atoms with Gasteiger partial charge in [0.25, 0.3) is 5.91 Å². The van der Waals surface area contributed by atoms with E-state index >= 15 is 0 Å². The maximum Gasteiger partial charge on any atom is 0.340 e. The molecule has 0 aliphatic carbocycles. The molecule has 0 saturated heterocycles. The molecule has 2 heterocycles. The van der Waals surface area contributed by atoms with Crippen molar-refractivity contribution < 1.29 is 14.3 Å². The number of azide groups is 1. The van der Waals surface area contributed by atoms with E-state index in [2.05, 4.69) is 20.3 Å². The number of amides is 1. The molecule has 1 aromatic carbocycles. The Kier molecular flexibility index (Phi) is 4.51. The third-order valence-corrected chi connectivity index (χ3v) is 4.19. The second-order valence-corrected chi connectivity index (χ2v) is 5.82. The Bertz CT molecular complexity index is 996. The summed E-state index contributed by atoms with van der Waals surface area (Å²) in [6.45, 7) is 5.64. The molecule has 2 N–H and O–H groups in total. The minimum Gasteiger partial charge on any atom is -0.462 e. The van der Waals surface area contributed by atoms with Crippen LogP contribution in [0.3, 0.4) is 0 Å². The average molecular weight is 351 g/mol. The third kappa shape index (κ3) is 2.94. The van der Waals surface area contributed by atoms with Crippen molar-refractivity contribution in [2.45, 2.75) is 20.8 Å². The number of benzene rings is 1. The molecule has 3 rings (SSSR count). The molecule has 2 aromatic rings. The molecule has 0 atom stereocenters. The number of carbonyl (C=O) groups excluding carboxylic acids is 2. The van der Waals surface area contributed by atoms with Crippen LogP contribution in [-0.2, 0) is 9.53 Å². The van der Waals surface area contributed by atoms with Crippen molar-refractivity contribution >= 4 is 34.9 Å². The van der Waals surface area contributed by atoms with Crippen LogP contribution in [0.2, 0.25) is 0 Å². The Morgan fingerprint density at radius 2 is 2.15 bits per heavy atom. The Balaban J connectivity index is 2.05. The molecule has 0 fully saturated rings. The standard InChI is InChI=1S/C18H17N5O3/c1-4-26-18(25)16-9(2)14(20-10(16)3)8-13-12-6-5-11(22-23-19)7-15(12)21-17(13)24/h5-8,20H,4H2,1-3H3,(H,21,24)/b13-8-. The molecule has 8 nitrogen and oxygen atoms in total. The van der Waals surface area contributed by atoms with Gasteiger partial charge in [-0.05, 0) is 44.0 Å². The van der Waals surface area contributed by atoms with Crippen LogP contribution >= 0.6 is 0 Å². The number of esters is 1. The summed E-state index contributed by atoms with van der Waals surface area (Å²) >= 11 is 0. The summed E-state index contributed by atoms with van der Waals surface area (Å²) in [5, 5.41) is 6.29. The number of carbonyl (C=O) groups is 2. The number of ether oxygens (including phenoxy) is 1. The number of fused-ring (bicyclic) bond motifs is 1. The van der Waals surface area contributed by atoms with Crippen molar-refractivity contribution in [3.63, 3.8) is 0 Å². The van der Waals surface area contributed by atoms with Crippen molar-refractivity contribution in [1.29, 1.82) is 0 Å². The summed E-state index contributed by atoms with van der Waals surface area (Å²) in [6, 6.07) is 4.98. The summed E-state index contributed by atoms with van der Waals surface area (Å²) < 4.78 is 5.09. The highest BCUT2D eigenvalue weighted by molar-refractivity contribution is 6.35. The molecule has 0 unspecified atom stereocenters. The van der Waals surface area contributed by atoms with Crippen LogP contribution in [0.4, 0.5) is 11.4 Å². The number of H-pyrrole nitrogens is 1. The Morgan fingerprint density at radius 1 is 1.38 bits per heavy atom. The van der Waals surface area contributed by atoms with Gasteiger partial charge in [-0.25, -0.2) is 4.79 Å². The van der Waals surface area contributed by atoms with Gasteiger partial charge in [-0.2, -0.15) is 0 Å². The van der Waals surface area contributed by atoms with E-state index < -0.39 is 5.97 Å². The summed E-state index contributed by atoms with van der Waals surface area (Å²) in [5.74, 6) is -0.652. The summed E-state index contributed by atoms with van der Waals surface area (Å²) in [6.07, 6.45) is 1.71. The summed E-state index contributed by atoms with van der Waals surface area (Å²) in [7, 11) is 0. The fourth-order valence-corrected chi connectivity index (χ4v) is 3.01. The molecule has 1 amide bonds. The monoisotopic (exact) mass is 351 g/mol. The van der Waals surface area contributed by atoms with Crippen LogP contribution in [0.1, 0.15) is 39.8 Å². The highest BCUT2D eigenvalue weighted by Gasteiger charge is 2.26. The van der Waals surface area contributed by atoms with E-state index in [0.717, 1.165) is 5.56 Å². The van der Waals surface area contributed by atoms with Crippen molar-refractivity contribution in [3.05, 3.63) is 56.7 Å². The molecule has 1 aromatic heterocycles. The molecular weight excluding hydrogens is 334 g/mol. The molecule has 0 bridgehead atoms. The van der Waals surface area contributed by atoms with E-state index in [1.165, 1.54) is 0 Å². The van der Waals surface area contributed by atoms with Gasteiger partial charge in [0.2, 0.25) is 0 Å². The number of hydrogen-bond donors (Lipinski definition) is 2. The maximum absolute atomic E-state index is 12.4. The lowest BCUT2D eigenvalue weighted by molar-refractivity contribution is -0.110. The van der Waals surface area contributed by atoms with E-state index in [-0.39, 0.29) is 5.91 Å². The molecule has 1 aliphatic heterocycles. The second kappa shape index (κ2) is 6.78. The second-order valence-electron chi connectivity index (χ2n) is 5.82. The van der Waals surface area contributed by atoms with Crippen LogP contribution < -0.4 is 5.32 Å². The lowest BCUT2D eigenvalue weighted by Gasteiger charge is -2.02. The van der Waals surface area contributed by atoms with Gasteiger partial charge in [-0.3, -0.25) is 4.79 Å². The van der Waals surface area contributed by atoms with Crippen LogP contribution in [0.25, 0.3) is 22.1 Å². The first-order valence-corrected chi connectivity index (χ1v) is 8.05. The molecular formula is C18H17N5O3. The van der Waals surface area contributed by atoms with Gasteiger partial charge < -0.3 is 15.0 Å². The summed E-state index contributed by atoms with van der Waals surface area (Å²) in [4.78, 5) is 30.4. The van der Waals surface area contributed by atoms with Crippen molar-refractivity contribution in [2.75, 3.05) is 11.9 Å². The third-order valence-electron chi connectivity index (χ3n) is 4.19. The molecule has 0 spiro atoms. The zero-order valence-corrected chi connectivity index (χ0v) is 14.6. The minimum atomic E-state index is -0.390. The van der Waals surface area contributed by atoms with Gasteiger partial charge in [0.1, 0.15) is 0 Å². The van der Waals surface area contributed by atoms with Gasteiger partial charge in [0.05, 0.1) is 17.7 Å². The van der Waals surface area contributed by atoms with Gasteiger partial charge >= 0.3 is 5.97 Å². The molecule has 132 valence electrons. The number of anilines is 1. The van der Waals surface area contributed by atoms with Crippen molar-refractivity contribution in [2.24, 2.45) is 5.11 Å². The highest BCUT2D eigenvalue weighted by Crippen LogP contribution is 2.36. The van der Waals surface area contributed by atoms with Crippen LogP contribution in [-0.4, -0.2) is 23.5 Å². The SMILES string of the molecule is CCOC(=O)c1c(C)[nH]c(/C=C2\C(=O)Nc3cc(N=[N+]=[N-])ccc32)c1C. The van der Waals surface area contributed by atoms with E-state index in [0.29, 0.717) is 46.1 Å². The highest BCUT2D eigenvalue weighted by atomic mass is 16.5. The molecule has 8 heteroatoms. The number of aromatic nitrogens is 1. The van der Waals surface area contributed by atoms with E-state index in [4.69, 9.17) is 10.3 Å². The first-order valence-electron chi connectivity index (χ1n) is 8.05. The lowest BCUT2D eigenvalue weighted by atomic mass is 10.0. The van der Waals surface area contributed by atoms with E-state index in [1.54, 1.807) is 45.0 Å². The quantitative estimate of drug-likeness (QED) is 0.282. The van der Waals surface area contributed by atoms with Gasteiger partial charge in [0, 0.05) is 33.2 Å². The zero-order valence-electron chi connectivity index (χ0n) is 14.6. The van der Waals surface area contributed by atoms with Crippen LogP contribution in [0.5, 0.6) is 0 Å². The largest absolute Gasteiger partial charge is 0.462 e. The molecule has 26 heavy (non-hydrogen) atoms. The van der Waals surface area contributed by atoms with Crippen molar-refractivity contribution in [1.82, 2.24) is 4.98 Å². The number of nitrogens with one attached hydrogen (secondary N) is 2. The number of hydrogen-bond acceptors (Lipinski definition) is 4. The van der Waals surface area contributed by atoms with Crippen LogP contribution in [0.15, 0.2) is 23.3 Å². The van der Waals surface area contributed by atoms with Gasteiger partial charge in [-0.15, -0.1) is 0 Å². The first-order chi connectivity index (χ1) is 12.5. The first kappa shape index (κ1) is 17.3. The summed E-state index contributed by atoms with van der Waals surface area (Å²) in [5.41, 5.74) is 13.3. The normalized spacial score (nSPS) is 14.0. The Hall–Kier alpha value is -3.51. The van der Waals surface area contributed by atoms with Crippen LogP contribution in [0, 0.1) is 13.8 Å². The van der Waals surface area contributed by atoms with E-state index in [9.17, 15) is 9.59 Å². The predicted octanol–water partition coefficient (Wildman–Crippen LogP) is 4.24. The van der Waals surface area contributed by atoms with E-state index in [1.807, 2.05) is 0 Å². The topological polar surface area (TPSA) is 120 Å². The number of aryl methyl sites for hydroxylation is 1. The Morgan fingerprint density at radius 3 is 2.85 bits per heavy atom. The average Bonchev–Trinajstić information content (AvgIpc) is 3.04. The lowest BCUT2D eigenvalue weighted by Crippen LogP contribution is -2.06. The number of nitrogens with zero attached hydrogens (tertiary/aromatic N) is 3. The molecule has 0 radical (unpaired) electrons. The Labute approximate surface area is 149 Å². The molecule has 1 aliphatic rings. The zero-order chi connectivity index (χ0) is 18.8. The fraction of sp³-hybridized carbons (Fsp3) is 0.222. The van der Waals surface area contributed by atoms with Gasteiger partial charge in [0.15, 0.2) is 0 Å². The minimum absolute atomic E-state index is 0.262. The number of rotatable bonds is 4. The fourth-order valence-electron chi connectivity index (χ4n) is 3.01. The predicted molar refractivity (Wildman–Crippen MR) is 98.0 cm³/mol. The smallest absolute Gasteiger partial charge is 0.340 e.